The summed E-state index contributed by atoms with van der Waals surface area (Å²) in [6.07, 6.45) is 2.07. The summed E-state index contributed by atoms with van der Waals surface area (Å²) in [7, 11) is 2.08. The summed E-state index contributed by atoms with van der Waals surface area (Å²) in [4.78, 5) is 4.55. The Balaban J connectivity index is 2.68. The van der Waals surface area contributed by atoms with Crippen LogP contribution in [0.25, 0.3) is 11.3 Å². The number of rotatable bonds is 1. The maximum atomic E-state index is 4.55. The van der Waals surface area contributed by atoms with E-state index in [1.165, 1.54) is 22.4 Å². The highest BCUT2D eigenvalue weighted by Crippen LogP contribution is 2.23. The summed E-state index contributed by atoms with van der Waals surface area (Å²) in [5.74, 6) is 0. The van der Waals surface area contributed by atoms with E-state index in [9.17, 15) is 0 Å². The second kappa shape index (κ2) is 4.28. The molecule has 0 aliphatic rings. The second-order valence-electron chi connectivity index (χ2n) is 4.75. The average molecular weight is 227 g/mol. The first-order chi connectivity index (χ1) is 7.99. The lowest BCUT2D eigenvalue weighted by Crippen LogP contribution is -2.33. The molecular weight excluding hydrogens is 208 g/mol. The van der Waals surface area contributed by atoms with Gasteiger partial charge in [0.05, 0.1) is 5.56 Å². The number of aromatic nitrogens is 2. The quantitative estimate of drug-likeness (QED) is 0.685. The molecule has 0 amide bonds. The fourth-order valence-electron chi connectivity index (χ4n) is 2.41. The molecule has 2 rings (SSSR count). The van der Waals surface area contributed by atoms with Gasteiger partial charge in [-0.2, -0.15) is 4.57 Å². The van der Waals surface area contributed by atoms with Crippen LogP contribution in [-0.2, 0) is 7.05 Å². The van der Waals surface area contributed by atoms with Gasteiger partial charge in [0.15, 0.2) is 6.20 Å². The van der Waals surface area contributed by atoms with Crippen molar-refractivity contribution in [2.45, 2.75) is 27.7 Å². The lowest BCUT2D eigenvalue weighted by Gasteiger charge is -2.08. The van der Waals surface area contributed by atoms with Crippen LogP contribution in [0.3, 0.4) is 0 Å². The van der Waals surface area contributed by atoms with Crippen LogP contribution in [0.2, 0.25) is 0 Å². The molecule has 88 valence electrons. The number of aryl methyl sites for hydroxylation is 5. The third-order valence-electron chi connectivity index (χ3n) is 3.06. The summed E-state index contributed by atoms with van der Waals surface area (Å²) < 4.78 is 2.16. The van der Waals surface area contributed by atoms with Crippen molar-refractivity contribution in [2.75, 3.05) is 0 Å². The van der Waals surface area contributed by atoms with Crippen molar-refractivity contribution in [2.24, 2.45) is 7.05 Å². The Labute approximate surface area is 103 Å². The molecule has 2 nitrogen and oxygen atoms in total. The lowest BCUT2D eigenvalue weighted by atomic mass is 10.0. The molecule has 0 aliphatic heterocycles. The Morgan fingerprint density at radius 1 is 1.06 bits per heavy atom. The third-order valence-corrected chi connectivity index (χ3v) is 3.06. The van der Waals surface area contributed by atoms with E-state index in [4.69, 9.17) is 0 Å². The van der Waals surface area contributed by atoms with Gasteiger partial charge in [-0.3, -0.25) is 0 Å². The Kier molecular flexibility index (Phi) is 2.97. The Bertz CT molecular complexity index is 548. The average Bonchev–Trinajstić information content (AvgIpc) is 2.19. The minimum Gasteiger partial charge on any atom is -0.245 e. The van der Waals surface area contributed by atoms with E-state index in [0.29, 0.717) is 0 Å². The van der Waals surface area contributed by atoms with Gasteiger partial charge < -0.3 is 0 Å². The largest absolute Gasteiger partial charge is 0.245 e. The van der Waals surface area contributed by atoms with Crippen molar-refractivity contribution in [3.8, 4) is 11.3 Å². The van der Waals surface area contributed by atoms with Gasteiger partial charge in [0.25, 0.3) is 0 Å². The van der Waals surface area contributed by atoms with E-state index in [0.717, 1.165) is 11.4 Å². The molecule has 0 spiro atoms. The van der Waals surface area contributed by atoms with E-state index in [2.05, 4.69) is 61.8 Å². The summed E-state index contributed by atoms with van der Waals surface area (Å²) in [6.45, 7) is 8.37. The smallest absolute Gasteiger partial charge is 0.233 e. The van der Waals surface area contributed by atoms with Gasteiger partial charge in [-0.1, -0.05) is 17.7 Å². The van der Waals surface area contributed by atoms with Crippen LogP contribution >= 0.6 is 0 Å². The molecule has 0 bridgehead atoms. The highest BCUT2D eigenvalue weighted by atomic mass is 15.0. The van der Waals surface area contributed by atoms with Crippen molar-refractivity contribution in [3.05, 3.63) is 46.9 Å². The first-order valence-corrected chi connectivity index (χ1v) is 5.90. The van der Waals surface area contributed by atoms with Gasteiger partial charge in [0, 0.05) is 0 Å². The molecule has 0 unspecified atom stereocenters. The highest BCUT2D eigenvalue weighted by Gasteiger charge is 2.17. The van der Waals surface area contributed by atoms with Crippen LogP contribution in [-0.4, -0.2) is 4.98 Å². The van der Waals surface area contributed by atoms with Crippen LogP contribution in [0.15, 0.2) is 24.4 Å². The van der Waals surface area contributed by atoms with Gasteiger partial charge in [0.1, 0.15) is 18.4 Å². The monoisotopic (exact) mass is 227 g/mol. The van der Waals surface area contributed by atoms with Crippen LogP contribution in [0.5, 0.6) is 0 Å². The molecule has 0 fully saturated rings. The SMILES string of the molecule is Cc1ccc(-c2c(C)nc(C)c[n+]2C)c(C)c1. The van der Waals surface area contributed by atoms with Gasteiger partial charge in [-0.25, -0.2) is 4.98 Å². The van der Waals surface area contributed by atoms with Crippen molar-refractivity contribution < 1.29 is 4.57 Å². The normalized spacial score (nSPS) is 10.6. The molecule has 0 saturated carbocycles. The third kappa shape index (κ3) is 2.21. The number of nitrogens with zero attached hydrogens (tertiary/aromatic N) is 2. The van der Waals surface area contributed by atoms with E-state index < -0.39 is 0 Å². The molecule has 0 N–H and O–H groups in total. The minimum atomic E-state index is 1.05. The van der Waals surface area contributed by atoms with Gasteiger partial charge in [-0.05, 0) is 39.3 Å². The molecule has 0 radical (unpaired) electrons. The zero-order valence-electron chi connectivity index (χ0n) is 11.2. The summed E-state index contributed by atoms with van der Waals surface area (Å²) in [5.41, 5.74) is 7.20. The van der Waals surface area contributed by atoms with Crippen LogP contribution in [0, 0.1) is 27.7 Å². The maximum Gasteiger partial charge on any atom is 0.233 e. The molecule has 1 aromatic carbocycles. The zero-order chi connectivity index (χ0) is 12.6. The summed E-state index contributed by atoms with van der Waals surface area (Å²) in [6, 6.07) is 6.56. The number of hydrogen-bond acceptors (Lipinski definition) is 1. The van der Waals surface area contributed by atoms with Crippen LogP contribution < -0.4 is 4.57 Å². The van der Waals surface area contributed by atoms with Gasteiger partial charge in [0.2, 0.25) is 5.69 Å². The van der Waals surface area contributed by atoms with Crippen LogP contribution in [0.4, 0.5) is 0 Å². The van der Waals surface area contributed by atoms with Gasteiger partial charge in [-0.15, -0.1) is 0 Å². The molecule has 0 atom stereocenters. The van der Waals surface area contributed by atoms with Crippen molar-refractivity contribution in [1.29, 1.82) is 0 Å². The van der Waals surface area contributed by atoms with E-state index in [1.54, 1.807) is 0 Å². The first-order valence-electron chi connectivity index (χ1n) is 5.90. The molecule has 1 aromatic heterocycles. The Morgan fingerprint density at radius 2 is 1.76 bits per heavy atom. The topological polar surface area (TPSA) is 16.8 Å². The molecule has 2 heteroatoms. The van der Waals surface area contributed by atoms with E-state index in [-0.39, 0.29) is 0 Å². The van der Waals surface area contributed by atoms with Gasteiger partial charge >= 0.3 is 0 Å². The molecular formula is C15H19N2+. The molecule has 0 aliphatic carbocycles. The van der Waals surface area contributed by atoms with E-state index >= 15 is 0 Å². The standard InChI is InChI=1S/C15H19N2/c1-10-6-7-14(11(2)8-10)15-13(4)16-12(3)9-17(15)5/h6-9H,1-5H3/q+1. The minimum absolute atomic E-state index is 1.05. The molecule has 2 aromatic rings. The molecule has 17 heavy (non-hydrogen) atoms. The fourth-order valence-corrected chi connectivity index (χ4v) is 2.41. The summed E-state index contributed by atoms with van der Waals surface area (Å²) >= 11 is 0. The van der Waals surface area contributed by atoms with Crippen molar-refractivity contribution in [3.63, 3.8) is 0 Å². The Morgan fingerprint density at radius 3 is 2.35 bits per heavy atom. The number of hydrogen-bond donors (Lipinski definition) is 0. The first kappa shape index (κ1) is 11.8. The van der Waals surface area contributed by atoms with Crippen LogP contribution in [0.1, 0.15) is 22.5 Å². The molecule has 0 saturated heterocycles. The number of benzene rings is 1. The lowest BCUT2D eigenvalue weighted by molar-refractivity contribution is -0.661. The van der Waals surface area contributed by atoms with E-state index in [1.807, 2.05) is 6.92 Å². The highest BCUT2D eigenvalue weighted by molar-refractivity contribution is 5.63. The summed E-state index contributed by atoms with van der Waals surface area (Å²) in [5, 5.41) is 0. The second-order valence-corrected chi connectivity index (χ2v) is 4.75. The van der Waals surface area contributed by atoms with Crippen molar-refractivity contribution >= 4 is 0 Å². The predicted octanol–water partition coefficient (Wildman–Crippen LogP) is 2.81. The fraction of sp³-hybridized carbons (Fsp3) is 0.333. The predicted molar refractivity (Wildman–Crippen MR) is 69.8 cm³/mol. The maximum absolute atomic E-state index is 4.55. The zero-order valence-corrected chi connectivity index (χ0v) is 11.2. The molecule has 1 heterocycles. The Hall–Kier alpha value is -1.70. The van der Waals surface area contributed by atoms with Crippen molar-refractivity contribution in [1.82, 2.24) is 4.98 Å².